The van der Waals surface area contributed by atoms with Gasteiger partial charge in [0.15, 0.2) is 0 Å². The van der Waals surface area contributed by atoms with Gasteiger partial charge in [-0.25, -0.2) is 4.79 Å². The fourth-order valence-electron chi connectivity index (χ4n) is 1.58. The fourth-order valence-corrected chi connectivity index (χ4v) is 1.58. The maximum absolute atomic E-state index is 11.6. The summed E-state index contributed by atoms with van der Waals surface area (Å²) in [6.45, 7) is 5.61. The smallest absolute Gasteiger partial charge is 0.315 e. The first kappa shape index (κ1) is 15.1. The molecular formula is C15H20N2O2. The number of carbonyl (C=O) groups excluding carboxylic acids is 1. The van der Waals surface area contributed by atoms with Gasteiger partial charge in [-0.3, -0.25) is 0 Å². The molecule has 1 unspecified atom stereocenters. The summed E-state index contributed by atoms with van der Waals surface area (Å²) in [5.74, 6) is 5.42. The van der Waals surface area contributed by atoms with Gasteiger partial charge in [-0.15, -0.1) is 0 Å². The summed E-state index contributed by atoms with van der Waals surface area (Å²) in [7, 11) is 0. The van der Waals surface area contributed by atoms with Crippen LogP contribution in [0.2, 0.25) is 0 Å². The van der Waals surface area contributed by atoms with Gasteiger partial charge >= 0.3 is 6.03 Å². The van der Waals surface area contributed by atoms with Crippen molar-refractivity contribution in [2.75, 3.05) is 6.61 Å². The van der Waals surface area contributed by atoms with Gasteiger partial charge in [0.25, 0.3) is 0 Å². The Hall–Kier alpha value is -1.99. The summed E-state index contributed by atoms with van der Waals surface area (Å²) < 4.78 is 0. The highest BCUT2D eigenvalue weighted by Gasteiger charge is 2.09. The molecule has 0 aliphatic carbocycles. The number of nitrogens with one attached hydrogen (secondary N) is 2. The van der Waals surface area contributed by atoms with Gasteiger partial charge in [0, 0.05) is 11.6 Å². The van der Waals surface area contributed by atoms with Crippen molar-refractivity contribution in [2.24, 2.45) is 0 Å². The molecule has 0 aromatic heterocycles. The van der Waals surface area contributed by atoms with Gasteiger partial charge in [-0.2, -0.15) is 0 Å². The lowest BCUT2D eigenvalue weighted by atomic mass is 10.1. The first-order valence-corrected chi connectivity index (χ1v) is 6.29. The zero-order valence-electron chi connectivity index (χ0n) is 11.5. The topological polar surface area (TPSA) is 61.4 Å². The van der Waals surface area contributed by atoms with Crippen molar-refractivity contribution in [3.05, 3.63) is 35.4 Å². The van der Waals surface area contributed by atoms with Crippen LogP contribution in [0.15, 0.2) is 24.3 Å². The molecule has 0 bridgehead atoms. The van der Waals surface area contributed by atoms with Crippen LogP contribution in [0.1, 0.15) is 37.9 Å². The highest BCUT2D eigenvalue weighted by atomic mass is 16.2. The van der Waals surface area contributed by atoms with Crippen molar-refractivity contribution >= 4 is 6.03 Å². The largest absolute Gasteiger partial charge is 0.384 e. The van der Waals surface area contributed by atoms with Gasteiger partial charge in [-0.05, 0) is 38.5 Å². The number of hydrogen-bond donors (Lipinski definition) is 3. The average Bonchev–Trinajstić information content (AvgIpc) is 2.35. The Morgan fingerprint density at radius 1 is 1.21 bits per heavy atom. The SMILES string of the molecule is CC(C)NC(=O)NC(C)c1ccc(C#CCO)cc1. The number of benzene rings is 1. The van der Waals surface area contributed by atoms with Crippen LogP contribution >= 0.6 is 0 Å². The Bertz CT molecular complexity index is 469. The highest BCUT2D eigenvalue weighted by molar-refractivity contribution is 5.74. The first-order chi connectivity index (χ1) is 9.02. The molecule has 1 aromatic carbocycles. The predicted molar refractivity (Wildman–Crippen MR) is 75.6 cm³/mol. The third-order valence-corrected chi connectivity index (χ3v) is 2.49. The number of carbonyl (C=O) groups is 1. The molecule has 3 N–H and O–H groups in total. The summed E-state index contributed by atoms with van der Waals surface area (Å²) in [4.78, 5) is 11.6. The molecule has 1 rings (SSSR count). The number of amides is 2. The molecule has 4 heteroatoms. The summed E-state index contributed by atoms with van der Waals surface area (Å²) in [5.41, 5.74) is 1.85. The van der Waals surface area contributed by atoms with Gasteiger partial charge in [0.05, 0.1) is 6.04 Å². The molecule has 0 radical (unpaired) electrons. The number of rotatable bonds is 3. The van der Waals surface area contributed by atoms with Crippen molar-refractivity contribution in [3.63, 3.8) is 0 Å². The monoisotopic (exact) mass is 260 g/mol. The molecular weight excluding hydrogens is 240 g/mol. The summed E-state index contributed by atoms with van der Waals surface area (Å²) in [6.07, 6.45) is 0. The molecule has 0 aliphatic rings. The molecule has 0 heterocycles. The highest BCUT2D eigenvalue weighted by Crippen LogP contribution is 2.12. The van der Waals surface area contributed by atoms with Crippen LogP contribution in [0.5, 0.6) is 0 Å². The van der Waals surface area contributed by atoms with E-state index in [1.807, 2.05) is 45.0 Å². The first-order valence-electron chi connectivity index (χ1n) is 6.29. The van der Waals surface area contributed by atoms with E-state index in [9.17, 15) is 4.79 Å². The van der Waals surface area contributed by atoms with Crippen LogP contribution in [0, 0.1) is 11.8 Å². The second kappa shape index (κ2) is 7.45. The van der Waals surface area contributed by atoms with Crippen LogP contribution in [0.4, 0.5) is 4.79 Å². The minimum absolute atomic E-state index is 0.0707. The fraction of sp³-hybridized carbons (Fsp3) is 0.400. The number of hydrogen-bond acceptors (Lipinski definition) is 2. The van der Waals surface area contributed by atoms with E-state index >= 15 is 0 Å². The van der Waals surface area contributed by atoms with E-state index in [-0.39, 0.29) is 24.7 Å². The van der Waals surface area contributed by atoms with Crippen LogP contribution in [0.3, 0.4) is 0 Å². The maximum atomic E-state index is 11.6. The Morgan fingerprint density at radius 2 is 1.84 bits per heavy atom. The van der Waals surface area contributed by atoms with Gasteiger partial charge in [-0.1, -0.05) is 24.0 Å². The van der Waals surface area contributed by atoms with Crippen molar-refractivity contribution in [3.8, 4) is 11.8 Å². The molecule has 0 saturated carbocycles. The number of urea groups is 1. The second-order valence-corrected chi connectivity index (χ2v) is 4.58. The molecule has 1 aromatic rings. The molecule has 0 aliphatic heterocycles. The average molecular weight is 260 g/mol. The molecule has 19 heavy (non-hydrogen) atoms. The van der Waals surface area contributed by atoms with Crippen molar-refractivity contribution in [1.29, 1.82) is 0 Å². The van der Waals surface area contributed by atoms with Crippen LogP contribution in [0.25, 0.3) is 0 Å². The lowest BCUT2D eigenvalue weighted by Crippen LogP contribution is -2.40. The quantitative estimate of drug-likeness (QED) is 0.726. The number of aliphatic hydroxyl groups is 1. The van der Waals surface area contributed by atoms with Gasteiger partial charge in [0.2, 0.25) is 0 Å². The van der Waals surface area contributed by atoms with E-state index in [1.54, 1.807) is 0 Å². The lowest BCUT2D eigenvalue weighted by Gasteiger charge is -2.16. The zero-order valence-corrected chi connectivity index (χ0v) is 11.5. The molecule has 4 nitrogen and oxygen atoms in total. The maximum Gasteiger partial charge on any atom is 0.315 e. The molecule has 1 atom stereocenters. The van der Waals surface area contributed by atoms with E-state index < -0.39 is 0 Å². The van der Waals surface area contributed by atoms with E-state index in [0.717, 1.165) is 11.1 Å². The van der Waals surface area contributed by atoms with E-state index in [4.69, 9.17) is 5.11 Å². The predicted octanol–water partition coefficient (Wildman–Crippen LogP) is 1.80. The molecule has 102 valence electrons. The molecule has 2 amide bonds. The standard InChI is InChI=1S/C15H20N2O2/c1-11(2)16-15(19)17-12(3)14-8-6-13(7-9-14)5-4-10-18/h6-9,11-12,18H,10H2,1-3H3,(H2,16,17,19). The van der Waals surface area contributed by atoms with Crippen LogP contribution in [-0.4, -0.2) is 23.8 Å². The minimum Gasteiger partial charge on any atom is -0.384 e. The zero-order chi connectivity index (χ0) is 14.3. The van der Waals surface area contributed by atoms with Gasteiger partial charge < -0.3 is 15.7 Å². The van der Waals surface area contributed by atoms with Crippen LogP contribution in [-0.2, 0) is 0 Å². The van der Waals surface area contributed by atoms with Crippen LogP contribution < -0.4 is 10.6 Å². The van der Waals surface area contributed by atoms with Crippen molar-refractivity contribution in [2.45, 2.75) is 32.9 Å². The van der Waals surface area contributed by atoms with E-state index in [2.05, 4.69) is 22.5 Å². The van der Waals surface area contributed by atoms with Crippen molar-refractivity contribution in [1.82, 2.24) is 10.6 Å². The van der Waals surface area contributed by atoms with E-state index in [1.165, 1.54) is 0 Å². The summed E-state index contributed by atoms with van der Waals surface area (Å²) >= 11 is 0. The Kier molecular flexibility index (Phi) is 5.91. The Labute approximate surface area is 114 Å². The third kappa shape index (κ3) is 5.45. The Morgan fingerprint density at radius 3 is 2.37 bits per heavy atom. The Balaban J connectivity index is 2.62. The lowest BCUT2D eigenvalue weighted by molar-refractivity contribution is 0.235. The van der Waals surface area contributed by atoms with E-state index in [0.29, 0.717) is 0 Å². The second-order valence-electron chi connectivity index (χ2n) is 4.58. The summed E-state index contributed by atoms with van der Waals surface area (Å²) in [5, 5.41) is 14.3. The number of aliphatic hydroxyl groups excluding tert-OH is 1. The minimum atomic E-state index is -0.174. The molecule has 0 saturated heterocycles. The molecule has 0 spiro atoms. The van der Waals surface area contributed by atoms with Gasteiger partial charge in [0.1, 0.15) is 6.61 Å². The summed E-state index contributed by atoms with van der Waals surface area (Å²) in [6, 6.07) is 7.45. The third-order valence-electron chi connectivity index (χ3n) is 2.49. The van der Waals surface area contributed by atoms with Crippen molar-refractivity contribution < 1.29 is 9.90 Å². The molecule has 0 fully saturated rings. The normalized spacial score (nSPS) is 11.4.